The fourth-order valence-electron chi connectivity index (χ4n) is 2.10. The molecule has 3 rings (SSSR count). The highest BCUT2D eigenvalue weighted by Gasteiger charge is 2.13. The van der Waals surface area contributed by atoms with E-state index in [-0.39, 0.29) is 6.61 Å². The molecule has 20 heavy (non-hydrogen) atoms. The Morgan fingerprint density at radius 2 is 2.05 bits per heavy atom. The van der Waals surface area contributed by atoms with Gasteiger partial charge in [0.25, 0.3) is 0 Å². The third-order valence-corrected chi connectivity index (χ3v) is 4.11. The summed E-state index contributed by atoms with van der Waals surface area (Å²) in [6.07, 6.45) is 0.752. The molecule has 6 heteroatoms. The van der Waals surface area contributed by atoms with E-state index >= 15 is 0 Å². The van der Waals surface area contributed by atoms with E-state index in [4.69, 9.17) is 4.74 Å². The minimum atomic E-state index is -0.0429. The second-order valence-electron chi connectivity index (χ2n) is 4.52. The van der Waals surface area contributed by atoms with Crippen LogP contribution in [-0.4, -0.2) is 26.8 Å². The van der Waals surface area contributed by atoms with E-state index < -0.39 is 0 Å². The highest BCUT2D eigenvalue weighted by atomic mass is 32.1. The number of benzene rings is 1. The first-order valence-electron chi connectivity index (χ1n) is 6.29. The number of methoxy groups -OCH3 is 1. The van der Waals surface area contributed by atoms with Gasteiger partial charge in [-0.3, -0.25) is 0 Å². The Labute approximate surface area is 120 Å². The van der Waals surface area contributed by atoms with Crippen LogP contribution in [0.5, 0.6) is 5.75 Å². The summed E-state index contributed by atoms with van der Waals surface area (Å²) in [6, 6.07) is 7.94. The van der Waals surface area contributed by atoms with Gasteiger partial charge in [0.15, 0.2) is 0 Å². The summed E-state index contributed by atoms with van der Waals surface area (Å²) in [5, 5.41) is 14.9. The molecule has 0 atom stereocenters. The number of aliphatic hydroxyl groups excluding tert-OH is 1. The molecule has 0 spiro atoms. The summed E-state index contributed by atoms with van der Waals surface area (Å²) in [7, 11) is 1.66. The van der Waals surface area contributed by atoms with Crippen molar-refractivity contribution in [2.24, 2.45) is 0 Å². The lowest BCUT2D eigenvalue weighted by molar-refractivity contribution is 0.273. The average Bonchev–Trinajstić information content (AvgIpc) is 2.95. The number of imidazole rings is 1. The van der Waals surface area contributed by atoms with Crippen LogP contribution in [0.4, 0.5) is 0 Å². The van der Waals surface area contributed by atoms with Crippen molar-refractivity contribution >= 4 is 16.3 Å². The van der Waals surface area contributed by atoms with Gasteiger partial charge < -0.3 is 9.84 Å². The van der Waals surface area contributed by atoms with E-state index in [9.17, 15) is 5.11 Å². The van der Waals surface area contributed by atoms with Gasteiger partial charge in [0.1, 0.15) is 10.8 Å². The van der Waals surface area contributed by atoms with E-state index in [1.807, 2.05) is 31.2 Å². The van der Waals surface area contributed by atoms with Gasteiger partial charge in [0.2, 0.25) is 4.96 Å². The van der Waals surface area contributed by atoms with E-state index in [2.05, 4.69) is 10.1 Å². The molecule has 1 aromatic carbocycles. The molecule has 0 saturated carbocycles. The van der Waals surface area contributed by atoms with Crippen molar-refractivity contribution in [2.45, 2.75) is 20.0 Å². The van der Waals surface area contributed by atoms with Gasteiger partial charge in [-0.2, -0.15) is 5.10 Å². The van der Waals surface area contributed by atoms with E-state index in [1.54, 1.807) is 23.0 Å². The van der Waals surface area contributed by atoms with Crippen LogP contribution in [0, 0.1) is 6.92 Å². The Hall–Kier alpha value is -1.92. The molecule has 0 fully saturated rings. The van der Waals surface area contributed by atoms with Crippen molar-refractivity contribution in [3.63, 3.8) is 0 Å². The minimum Gasteiger partial charge on any atom is -0.497 e. The van der Waals surface area contributed by atoms with Gasteiger partial charge in [-0.1, -0.05) is 23.5 Å². The molecule has 0 bridgehead atoms. The maximum Gasteiger partial charge on any atom is 0.212 e. The van der Waals surface area contributed by atoms with Gasteiger partial charge in [-0.25, -0.2) is 9.50 Å². The summed E-state index contributed by atoms with van der Waals surface area (Å²) in [6.45, 7) is 1.84. The lowest BCUT2D eigenvalue weighted by atomic mass is 10.1. The van der Waals surface area contributed by atoms with Crippen molar-refractivity contribution in [3.8, 4) is 5.75 Å². The molecule has 0 aliphatic heterocycles. The largest absolute Gasteiger partial charge is 0.497 e. The lowest BCUT2D eigenvalue weighted by Crippen LogP contribution is -1.97. The van der Waals surface area contributed by atoms with E-state index in [0.29, 0.717) is 0 Å². The van der Waals surface area contributed by atoms with Crippen LogP contribution in [0.1, 0.15) is 22.0 Å². The Kier molecular flexibility index (Phi) is 3.42. The maximum absolute atomic E-state index is 9.35. The van der Waals surface area contributed by atoms with Crippen LogP contribution in [0.15, 0.2) is 24.3 Å². The van der Waals surface area contributed by atoms with Crippen molar-refractivity contribution < 1.29 is 9.84 Å². The SMILES string of the molecule is COc1ccc(Cc2nn3c(CO)c(C)nc3s2)cc1. The third kappa shape index (κ3) is 2.28. The zero-order valence-corrected chi connectivity index (χ0v) is 12.1. The van der Waals surface area contributed by atoms with Crippen LogP contribution >= 0.6 is 11.3 Å². The molecule has 1 N–H and O–H groups in total. The van der Waals surface area contributed by atoms with Gasteiger partial charge in [-0.05, 0) is 24.6 Å². The van der Waals surface area contributed by atoms with E-state index in [1.165, 1.54) is 5.56 Å². The number of aliphatic hydroxyl groups is 1. The molecule has 5 nitrogen and oxygen atoms in total. The quantitative estimate of drug-likeness (QED) is 0.800. The average molecular weight is 289 g/mol. The number of nitrogens with zero attached hydrogens (tertiary/aromatic N) is 3. The first kappa shape index (κ1) is 13.1. The normalized spacial score (nSPS) is 11.2. The first-order valence-corrected chi connectivity index (χ1v) is 7.10. The number of fused-ring (bicyclic) bond motifs is 1. The topological polar surface area (TPSA) is 59.7 Å². The Morgan fingerprint density at radius 3 is 2.70 bits per heavy atom. The van der Waals surface area contributed by atoms with Crippen LogP contribution in [0.3, 0.4) is 0 Å². The molecule has 0 aliphatic carbocycles. The van der Waals surface area contributed by atoms with Crippen LogP contribution in [0.2, 0.25) is 0 Å². The zero-order chi connectivity index (χ0) is 14.1. The van der Waals surface area contributed by atoms with Crippen LogP contribution in [0.25, 0.3) is 4.96 Å². The second-order valence-corrected chi connectivity index (χ2v) is 5.56. The maximum atomic E-state index is 9.35. The first-order chi connectivity index (χ1) is 9.71. The summed E-state index contributed by atoms with van der Waals surface area (Å²) < 4.78 is 6.88. The highest BCUT2D eigenvalue weighted by Crippen LogP contribution is 2.21. The molecule has 3 aromatic rings. The Balaban J connectivity index is 1.88. The smallest absolute Gasteiger partial charge is 0.212 e. The lowest BCUT2D eigenvalue weighted by Gasteiger charge is -2.01. The zero-order valence-electron chi connectivity index (χ0n) is 11.3. The van der Waals surface area contributed by atoms with Gasteiger partial charge in [-0.15, -0.1) is 0 Å². The molecule has 0 aliphatic rings. The number of aryl methyl sites for hydroxylation is 1. The predicted molar refractivity (Wildman–Crippen MR) is 77.3 cm³/mol. The molecular formula is C14H15N3O2S. The van der Waals surface area contributed by atoms with Crippen LogP contribution < -0.4 is 4.74 Å². The second kappa shape index (κ2) is 5.22. The molecule has 0 unspecified atom stereocenters. The van der Waals surface area contributed by atoms with Gasteiger partial charge in [0.05, 0.1) is 25.1 Å². The van der Waals surface area contributed by atoms with Gasteiger partial charge in [0, 0.05) is 6.42 Å². The van der Waals surface area contributed by atoms with Crippen molar-refractivity contribution in [3.05, 3.63) is 46.2 Å². The number of rotatable bonds is 4. The summed E-state index contributed by atoms with van der Waals surface area (Å²) in [5.41, 5.74) is 2.77. The number of ether oxygens (including phenoxy) is 1. The number of hydrogen-bond donors (Lipinski definition) is 1. The minimum absolute atomic E-state index is 0.0429. The van der Waals surface area contributed by atoms with Crippen molar-refractivity contribution in [1.29, 1.82) is 0 Å². The van der Waals surface area contributed by atoms with Crippen molar-refractivity contribution in [2.75, 3.05) is 7.11 Å². The molecule has 0 radical (unpaired) electrons. The van der Waals surface area contributed by atoms with Gasteiger partial charge >= 0.3 is 0 Å². The van der Waals surface area contributed by atoms with Crippen molar-refractivity contribution in [1.82, 2.24) is 14.6 Å². The number of aromatic nitrogens is 3. The Morgan fingerprint density at radius 1 is 1.30 bits per heavy atom. The van der Waals surface area contributed by atoms with Crippen LogP contribution in [-0.2, 0) is 13.0 Å². The summed E-state index contributed by atoms with van der Waals surface area (Å²) in [5.74, 6) is 0.848. The standard InChI is InChI=1S/C14H15N3O2S/c1-9-12(8-18)17-14(15-9)20-13(16-17)7-10-3-5-11(19-2)6-4-10/h3-6,18H,7-8H2,1-2H3. The predicted octanol–water partition coefficient (Wildman–Crippen LogP) is 2.19. The molecular weight excluding hydrogens is 274 g/mol. The fourth-order valence-corrected chi connectivity index (χ4v) is 3.09. The molecule has 0 amide bonds. The fraction of sp³-hybridized carbons (Fsp3) is 0.286. The summed E-state index contributed by atoms with van der Waals surface area (Å²) >= 11 is 1.55. The highest BCUT2D eigenvalue weighted by molar-refractivity contribution is 7.16. The number of hydrogen-bond acceptors (Lipinski definition) is 5. The molecule has 104 valence electrons. The Bertz CT molecular complexity index is 731. The third-order valence-electron chi connectivity index (χ3n) is 3.20. The summed E-state index contributed by atoms with van der Waals surface area (Å²) in [4.78, 5) is 5.24. The van der Waals surface area contributed by atoms with E-state index in [0.717, 1.165) is 33.5 Å². The monoisotopic (exact) mass is 289 g/mol. The molecule has 2 heterocycles. The molecule has 0 saturated heterocycles. The molecule has 2 aromatic heterocycles.